The van der Waals surface area contributed by atoms with E-state index in [2.05, 4.69) is 9.71 Å². The van der Waals surface area contributed by atoms with Crippen molar-refractivity contribution in [2.45, 2.75) is 6.92 Å². The summed E-state index contributed by atoms with van der Waals surface area (Å²) in [5.74, 6) is -0.192. The van der Waals surface area contributed by atoms with Crippen molar-refractivity contribution in [3.8, 4) is 0 Å². The zero-order chi connectivity index (χ0) is 13.2. The fourth-order valence-electron chi connectivity index (χ4n) is 1.44. The second-order valence-corrected chi connectivity index (χ2v) is 6.24. The molecule has 100 valence electrons. The molecule has 0 bridgehead atoms. The molecule has 0 aromatic carbocycles. The van der Waals surface area contributed by atoms with E-state index in [1.807, 2.05) is 0 Å². The Morgan fingerprint density at radius 2 is 2.17 bits per heavy atom. The standard InChI is InChI=1S/C9H13N3O4S2/c1-7(13)8-6-17-9(10-8)11-18(14,15)12-2-4-16-5-3-12/h6H,2-5H2,1H3,(H,10,11). The van der Waals surface area contributed by atoms with Gasteiger partial charge in [0.25, 0.3) is 0 Å². The van der Waals surface area contributed by atoms with Crippen LogP contribution in [0.25, 0.3) is 0 Å². The number of anilines is 1. The molecule has 0 unspecified atom stereocenters. The predicted molar refractivity (Wildman–Crippen MR) is 67.1 cm³/mol. The Labute approximate surface area is 109 Å². The number of nitrogens with one attached hydrogen (secondary N) is 1. The summed E-state index contributed by atoms with van der Waals surface area (Å²) >= 11 is 1.09. The normalized spacial score (nSPS) is 17.6. The molecule has 1 aliphatic rings. The van der Waals surface area contributed by atoms with Crippen molar-refractivity contribution in [1.82, 2.24) is 9.29 Å². The van der Waals surface area contributed by atoms with Gasteiger partial charge in [-0.2, -0.15) is 12.7 Å². The lowest BCUT2D eigenvalue weighted by Crippen LogP contribution is -2.43. The zero-order valence-corrected chi connectivity index (χ0v) is 11.4. The number of thiazole rings is 1. The average Bonchev–Trinajstić information content (AvgIpc) is 2.78. The third kappa shape index (κ3) is 3.05. The van der Waals surface area contributed by atoms with Crippen molar-refractivity contribution in [3.05, 3.63) is 11.1 Å². The number of Topliss-reactive ketones (excluding diaryl/α,β-unsaturated/α-hetero) is 1. The minimum atomic E-state index is -3.61. The Morgan fingerprint density at radius 3 is 2.72 bits per heavy atom. The maximum absolute atomic E-state index is 12.0. The quantitative estimate of drug-likeness (QED) is 0.808. The van der Waals surface area contributed by atoms with E-state index < -0.39 is 10.2 Å². The van der Waals surface area contributed by atoms with Crippen LogP contribution in [-0.2, 0) is 14.9 Å². The van der Waals surface area contributed by atoms with Gasteiger partial charge in [-0.1, -0.05) is 0 Å². The van der Waals surface area contributed by atoms with Crippen molar-refractivity contribution >= 4 is 32.5 Å². The molecule has 1 aromatic rings. The van der Waals surface area contributed by atoms with Crippen LogP contribution in [0, 0.1) is 0 Å². The first-order valence-electron chi connectivity index (χ1n) is 5.31. The zero-order valence-electron chi connectivity index (χ0n) is 9.75. The van der Waals surface area contributed by atoms with Gasteiger partial charge in [-0.25, -0.2) is 9.71 Å². The minimum absolute atomic E-state index is 0.192. The van der Waals surface area contributed by atoms with Crippen LogP contribution in [0.4, 0.5) is 5.13 Å². The monoisotopic (exact) mass is 291 g/mol. The van der Waals surface area contributed by atoms with E-state index in [1.54, 1.807) is 0 Å². The summed E-state index contributed by atoms with van der Waals surface area (Å²) in [4.78, 5) is 15.0. The maximum Gasteiger partial charge on any atom is 0.303 e. The molecule has 2 heterocycles. The molecule has 0 radical (unpaired) electrons. The van der Waals surface area contributed by atoms with Crippen LogP contribution in [0.1, 0.15) is 17.4 Å². The van der Waals surface area contributed by atoms with E-state index in [1.165, 1.54) is 16.6 Å². The molecule has 18 heavy (non-hydrogen) atoms. The number of hydrogen-bond donors (Lipinski definition) is 1. The van der Waals surface area contributed by atoms with Crippen molar-refractivity contribution < 1.29 is 17.9 Å². The minimum Gasteiger partial charge on any atom is -0.379 e. The number of morpholine rings is 1. The topological polar surface area (TPSA) is 88.6 Å². The Balaban J connectivity index is 2.08. The number of ether oxygens (including phenoxy) is 1. The van der Waals surface area contributed by atoms with E-state index >= 15 is 0 Å². The number of nitrogens with zero attached hydrogens (tertiary/aromatic N) is 2. The van der Waals surface area contributed by atoms with Crippen LogP contribution < -0.4 is 4.72 Å². The highest BCUT2D eigenvalue weighted by molar-refractivity contribution is 7.90. The first kappa shape index (κ1) is 13.4. The van der Waals surface area contributed by atoms with Crippen LogP contribution in [0.15, 0.2) is 5.38 Å². The smallest absolute Gasteiger partial charge is 0.303 e. The van der Waals surface area contributed by atoms with Crippen molar-refractivity contribution in [1.29, 1.82) is 0 Å². The van der Waals surface area contributed by atoms with Crippen molar-refractivity contribution in [2.24, 2.45) is 0 Å². The van der Waals surface area contributed by atoms with E-state index in [9.17, 15) is 13.2 Å². The second kappa shape index (κ2) is 5.31. The van der Waals surface area contributed by atoms with E-state index in [-0.39, 0.29) is 16.6 Å². The van der Waals surface area contributed by atoms with Crippen LogP contribution in [0.5, 0.6) is 0 Å². The van der Waals surface area contributed by atoms with E-state index in [0.717, 1.165) is 11.3 Å². The largest absolute Gasteiger partial charge is 0.379 e. The van der Waals surface area contributed by atoms with Gasteiger partial charge in [0.05, 0.1) is 13.2 Å². The fourth-order valence-corrected chi connectivity index (χ4v) is 3.57. The van der Waals surface area contributed by atoms with Gasteiger partial charge >= 0.3 is 10.2 Å². The van der Waals surface area contributed by atoms with Crippen LogP contribution >= 0.6 is 11.3 Å². The van der Waals surface area contributed by atoms with Crippen LogP contribution in [0.2, 0.25) is 0 Å². The first-order chi connectivity index (χ1) is 8.49. The molecule has 1 aliphatic heterocycles. The summed E-state index contributed by atoms with van der Waals surface area (Å²) in [7, 11) is -3.61. The lowest BCUT2D eigenvalue weighted by Gasteiger charge is -2.25. The molecule has 7 nitrogen and oxygen atoms in total. The van der Waals surface area contributed by atoms with Crippen molar-refractivity contribution in [3.63, 3.8) is 0 Å². The maximum atomic E-state index is 12.0. The molecule has 1 fully saturated rings. The molecule has 0 atom stereocenters. The third-order valence-corrected chi connectivity index (χ3v) is 4.77. The van der Waals surface area contributed by atoms with Gasteiger partial charge in [-0.05, 0) is 0 Å². The van der Waals surface area contributed by atoms with Gasteiger partial charge in [0, 0.05) is 25.4 Å². The number of ketones is 1. The summed E-state index contributed by atoms with van der Waals surface area (Å²) in [5, 5.41) is 1.73. The Morgan fingerprint density at radius 1 is 1.50 bits per heavy atom. The number of aromatic nitrogens is 1. The number of carbonyl (C=O) groups is 1. The van der Waals surface area contributed by atoms with Crippen LogP contribution in [-0.4, -0.2) is 49.8 Å². The summed E-state index contributed by atoms with van der Waals surface area (Å²) < 4.78 is 32.7. The third-order valence-electron chi connectivity index (χ3n) is 2.39. The first-order valence-corrected chi connectivity index (χ1v) is 7.63. The van der Waals surface area contributed by atoms with Gasteiger partial charge in [0.2, 0.25) is 0 Å². The van der Waals surface area contributed by atoms with E-state index in [4.69, 9.17) is 4.74 Å². The molecule has 1 saturated heterocycles. The predicted octanol–water partition coefficient (Wildman–Crippen LogP) is 0.335. The highest BCUT2D eigenvalue weighted by Crippen LogP contribution is 2.18. The van der Waals surface area contributed by atoms with Gasteiger partial charge in [-0.15, -0.1) is 11.3 Å². The van der Waals surface area contributed by atoms with Crippen LogP contribution in [0.3, 0.4) is 0 Å². The fraction of sp³-hybridized carbons (Fsp3) is 0.556. The Kier molecular flexibility index (Phi) is 3.95. The molecule has 9 heteroatoms. The Hall–Kier alpha value is -1.03. The molecule has 0 amide bonds. The molecule has 0 aliphatic carbocycles. The van der Waals surface area contributed by atoms with E-state index in [0.29, 0.717) is 26.3 Å². The van der Waals surface area contributed by atoms with Crippen molar-refractivity contribution in [2.75, 3.05) is 31.0 Å². The van der Waals surface area contributed by atoms with Gasteiger partial charge in [0.15, 0.2) is 10.9 Å². The molecular formula is C9H13N3O4S2. The molecule has 1 aromatic heterocycles. The number of hydrogen-bond acceptors (Lipinski definition) is 6. The molecular weight excluding hydrogens is 278 g/mol. The summed E-state index contributed by atoms with van der Waals surface area (Å²) in [5.41, 5.74) is 0.264. The lowest BCUT2D eigenvalue weighted by molar-refractivity contribution is 0.0733. The Bertz CT molecular complexity index is 534. The lowest BCUT2D eigenvalue weighted by atomic mass is 10.4. The SMILES string of the molecule is CC(=O)c1csc(NS(=O)(=O)N2CCOCC2)n1. The number of rotatable bonds is 4. The summed E-state index contributed by atoms with van der Waals surface area (Å²) in [6, 6.07) is 0. The highest BCUT2D eigenvalue weighted by Gasteiger charge is 2.25. The average molecular weight is 291 g/mol. The highest BCUT2D eigenvalue weighted by atomic mass is 32.2. The van der Waals surface area contributed by atoms with Gasteiger partial charge in [0.1, 0.15) is 5.69 Å². The van der Waals surface area contributed by atoms with Gasteiger partial charge in [-0.3, -0.25) is 4.79 Å². The second-order valence-electron chi connectivity index (χ2n) is 3.71. The van der Waals surface area contributed by atoms with Gasteiger partial charge < -0.3 is 4.74 Å². The number of carbonyl (C=O) groups excluding carboxylic acids is 1. The summed E-state index contributed by atoms with van der Waals surface area (Å²) in [6.07, 6.45) is 0. The summed E-state index contributed by atoms with van der Waals surface area (Å²) in [6.45, 7) is 2.80. The molecule has 0 spiro atoms. The molecule has 0 saturated carbocycles. The molecule has 2 rings (SSSR count). The molecule has 1 N–H and O–H groups in total.